The van der Waals surface area contributed by atoms with Crippen molar-refractivity contribution in [3.8, 4) is 5.75 Å². The lowest BCUT2D eigenvalue weighted by atomic mass is 9.88. The molecule has 7 heteroatoms. The van der Waals surface area contributed by atoms with Gasteiger partial charge in [-0.25, -0.2) is 4.79 Å². The summed E-state index contributed by atoms with van der Waals surface area (Å²) in [5.74, 6) is -1.67. The summed E-state index contributed by atoms with van der Waals surface area (Å²) < 4.78 is 44.2. The molecule has 0 amide bonds. The van der Waals surface area contributed by atoms with Crippen molar-refractivity contribution in [2.45, 2.75) is 45.9 Å². The standard InChI is InChI=1S/C17H18ClF3O3/c1-16(2,3)5-4-9-8-13-10(7-12(9)18)6-11(15(22)23)14(24-13)17(19,20)21/h6-8,14H,4-5H2,1-3H3,(H,22,23)/t14-/m1/s1. The van der Waals surface area contributed by atoms with Crippen LogP contribution in [0.15, 0.2) is 17.7 Å². The van der Waals surface area contributed by atoms with E-state index in [0.717, 1.165) is 12.5 Å². The summed E-state index contributed by atoms with van der Waals surface area (Å²) in [4.78, 5) is 11.1. The van der Waals surface area contributed by atoms with Crippen LogP contribution in [0.3, 0.4) is 0 Å². The Hall–Kier alpha value is -1.69. The van der Waals surface area contributed by atoms with Crippen LogP contribution in [-0.2, 0) is 11.2 Å². The smallest absolute Gasteiger partial charge is 0.430 e. The van der Waals surface area contributed by atoms with E-state index in [1.807, 2.05) is 0 Å². The second-order valence-corrected chi connectivity index (χ2v) is 7.39. The van der Waals surface area contributed by atoms with Crippen LogP contribution in [0.25, 0.3) is 6.08 Å². The Kier molecular flexibility index (Phi) is 4.91. The molecule has 24 heavy (non-hydrogen) atoms. The van der Waals surface area contributed by atoms with Gasteiger partial charge < -0.3 is 9.84 Å². The molecule has 1 N–H and O–H groups in total. The van der Waals surface area contributed by atoms with Crippen molar-refractivity contribution in [3.63, 3.8) is 0 Å². The summed E-state index contributed by atoms with van der Waals surface area (Å²) >= 11 is 6.19. The van der Waals surface area contributed by atoms with Crippen LogP contribution in [0, 0.1) is 5.41 Å². The highest BCUT2D eigenvalue weighted by atomic mass is 35.5. The van der Waals surface area contributed by atoms with Gasteiger partial charge in [0.1, 0.15) is 5.75 Å². The molecule has 0 fully saturated rings. The van der Waals surface area contributed by atoms with Crippen molar-refractivity contribution < 1.29 is 27.8 Å². The number of aliphatic carboxylic acids is 1. The van der Waals surface area contributed by atoms with E-state index in [1.165, 1.54) is 12.1 Å². The quantitative estimate of drug-likeness (QED) is 0.812. The SMILES string of the molecule is CC(C)(C)CCc1cc2c(cc1Cl)C=C(C(=O)O)[C@H](C(F)(F)F)O2. The molecule has 0 unspecified atom stereocenters. The first-order chi connectivity index (χ1) is 10.9. The molecule has 0 bridgehead atoms. The number of ether oxygens (including phenoxy) is 1. The molecule has 0 spiro atoms. The second-order valence-electron chi connectivity index (χ2n) is 6.99. The number of hydrogen-bond acceptors (Lipinski definition) is 2. The third-order valence-corrected chi connectivity index (χ3v) is 4.06. The van der Waals surface area contributed by atoms with E-state index in [0.29, 0.717) is 17.0 Å². The molecule has 0 saturated carbocycles. The molecule has 1 aromatic rings. The number of hydrogen-bond donors (Lipinski definition) is 1. The summed E-state index contributed by atoms with van der Waals surface area (Å²) in [6.45, 7) is 6.16. The van der Waals surface area contributed by atoms with Gasteiger partial charge in [-0.2, -0.15) is 13.2 Å². The van der Waals surface area contributed by atoms with Crippen LogP contribution in [0.2, 0.25) is 5.02 Å². The van der Waals surface area contributed by atoms with E-state index >= 15 is 0 Å². The predicted octanol–water partition coefficient (Wildman–Crippen LogP) is 5.11. The van der Waals surface area contributed by atoms with Gasteiger partial charge in [0.2, 0.25) is 6.10 Å². The number of alkyl halides is 3. The Morgan fingerprint density at radius 3 is 2.42 bits per heavy atom. The van der Waals surface area contributed by atoms with Gasteiger partial charge in [-0.05, 0) is 42.0 Å². The molecule has 0 aromatic heterocycles. The first-order valence-electron chi connectivity index (χ1n) is 7.39. The summed E-state index contributed by atoms with van der Waals surface area (Å²) in [5, 5.41) is 9.40. The van der Waals surface area contributed by atoms with Gasteiger partial charge in [-0.1, -0.05) is 32.4 Å². The highest BCUT2D eigenvalue weighted by molar-refractivity contribution is 6.31. The average Bonchev–Trinajstić information content (AvgIpc) is 2.41. The minimum absolute atomic E-state index is 0.00404. The van der Waals surface area contributed by atoms with E-state index < -0.39 is 23.8 Å². The molecule has 2 rings (SSSR count). The lowest BCUT2D eigenvalue weighted by Crippen LogP contribution is -2.40. The number of fused-ring (bicyclic) bond motifs is 1. The Balaban J connectivity index is 2.42. The maximum absolute atomic E-state index is 13.1. The molecule has 1 aromatic carbocycles. The maximum atomic E-state index is 13.1. The Morgan fingerprint density at radius 1 is 1.29 bits per heavy atom. The van der Waals surface area contributed by atoms with E-state index in [1.54, 1.807) is 0 Å². The number of aryl methyl sites for hydroxylation is 1. The molecule has 0 aliphatic carbocycles. The first kappa shape index (κ1) is 18.6. The van der Waals surface area contributed by atoms with Gasteiger partial charge in [-0.3, -0.25) is 0 Å². The largest absolute Gasteiger partial charge is 0.478 e. The lowest BCUT2D eigenvalue weighted by Gasteiger charge is -2.28. The first-order valence-corrected chi connectivity index (χ1v) is 7.77. The van der Waals surface area contributed by atoms with Crippen LogP contribution >= 0.6 is 11.6 Å². The van der Waals surface area contributed by atoms with E-state index in [9.17, 15) is 18.0 Å². The average molecular weight is 363 g/mol. The molecule has 1 heterocycles. The van der Waals surface area contributed by atoms with Gasteiger partial charge in [0.25, 0.3) is 0 Å². The number of carboxylic acid groups (broad SMARTS) is 1. The topological polar surface area (TPSA) is 46.5 Å². The van der Waals surface area contributed by atoms with Gasteiger partial charge >= 0.3 is 12.1 Å². The van der Waals surface area contributed by atoms with E-state index in [2.05, 4.69) is 20.8 Å². The normalized spacial score (nSPS) is 17.8. The van der Waals surface area contributed by atoms with Crippen molar-refractivity contribution in [2.75, 3.05) is 0 Å². The van der Waals surface area contributed by atoms with Crippen LogP contribution in [0.5, 0.6) is 5.75 Å². The molecule has 1 aliphatic rings. The molecule has 1 aliphatic heterocycles. The Bertz CT molecular complexity index is 688. The fourth-order valence-electron chi connectivity index (χ4n) is 2.38. The summed E-state index contributed by atoms with van der Waals surface area (Å²) in [7, 11) is 0. The zero-order chi connectivity index (χ0) is 18.3. The van der Waals surface area contributed by atoms with Crippen LogP contribution in [0.4, 0.5) is 13.2 Å². The van der Waals surface area contributed by atoms with Crippen molar-refractivity contribution in [2.24, 2.45) is 5.41 Å². The van der Waals surface area contributed by atoms with Crippen LogP contribution in [-0.4, -0.2) is 23.4 Å². The summed E-state index contributed by atoms with van der Waals surface area (Å²) in [6.07, 6.45) is -4.94. The molecule has 0 saturated heterocycles. The zero-order valence-electron chi connectivity index (χ0n) is 13.5. The minimum atomic E-state index is -4.81. The highest BCUT2D eigenvalue weighted by Crippen LogP contribution is 2.40. The maximum Gasteiger partial charge on any atom is 0.430 e. The number of carbonyl (C=O) groups is 1. The molecule has 132 valence electrons. The van der Waals surface area contributed by atoms with Crippen LogP contribution in [0.1, 0.15) is 38.3 Å². The van der Waals surface area contributed by atoms with Gasteiger partial charge in [0.15, 0.2) is 0 Å². The van der Waals surface area contributed by atoms with Crippen molar-refractivity contribution in [3.05, 3.63) is 33.9 Å². The highest BCUT2D eigenvalue weighted by Gasteiger charge is 2.48. The fraction of sp³-hybridized carbons (Fsp3) is 0.471. The number of benzene rings is 1. The fourth-order valence-corrected chi connectivity index (χ4v) is 2.64. The van der Waals surface area contributed by atoms with Crippen molar-refractivity contribution >= 4 is 23.6 Å². The van der Waals surface area contributed by atoms with Gasteiger partial charge in [0, 0.05) is 10.6 Å². The lowest BCUT2D eigenvalue weighted by molar-refractivity contribution is -0.187. The molecule has 1 atom stereocenters. The number of halogens is 4. The Morgan fingerprint density at radius 2 is 1.92 bits per heavy atom. The molecule has 0 radical (unpaired) electrons. The predicted molar refractivity (Wildman–Crippen MR) is 85.3 cm³/mol. The van der Waals surface area contributed by atoms with Crippen molar-refractivity contribution in [1.82, 2.24) is 0 Å². The van der Waals surface area contributed by atoms with Gasteiger partial charge in [-0.15, -0.1) is 0 Å². The molecular formula is C17H18ClF3O3. The third-order valence-electron chi connectivity index (χ3n) is 3.71. The van der Waals surface area contributed by atoms with E-state index in [4.69, 9.17) is 21.4 Å². The van der Waals surface area contributed by atoms with Gasteiger partial charge in [0.05, 0.1) is 5.57 Å². The Labute approximate surface area is 143 Å². The molecule has 3 nitrogen and oxygen atoms in total. The summed E-state index contributed by atoms with van der Waals surface area (Å²) in [6, 6.07) is 2.92. The van der Waals surface area contributed by atoms with E-state index in [-0.39, 0.29) is 16.7 Å². The van der Waals surface area contributed by atoms with Crippen LogP contribution < -0.4 is 4.74 Å². The third kappa shape index (κ3) is 4.23. The number of rotatable bonds is 3. The zero-order valence-corrected chi connectivity index (χ0v) is 14.3. The minimum Gasteiger partial charge on any atom is -0.478 e. The molecular weight excluding hydrogens is 345 g/mol. The summed E-state index contributed by atoms with van der Waals surface area (Å²) in [5.41, 5.74) is 0.106. The second kappa shape index (κ2) is 6.31. The number of carboxylic acids is 1. The van der Waals surface area contributed by atoms with Crippen molar-refractivity contribution in [1.29, 1.82) is 0 Å². The monoisotopic (exact) mass is 362 g/mol.